The van der Waals surface area contributed by atoms with Gasteiger partial charge in [-0.05, 0) is 12.1 Å². The van der Waals surface area contributed by atoms with Gasteiger partial charge in [0.2, 0.25) is 5.65 Å². The first-order valence-corrected chi connectivity index (χ1v) is 8.42. The highest BCUT2D eigenvalue weighted by Gasteiger charge is 2.40. The minimum absolute atomic E-state index is 0.193. The van der Waals surface area contributed by atoms with E-state index in [0.717, 1.165) is 0 Å². The molecule has 0 aliphatic carbocycles. The fourth-order valence-corrected chi connectivity index (χ4v) is 2.86. The summed E-state index contributed by atoms with van der Waals surface area (Å²) in [6.07, 6.45) is 3.08. The molecule has 136 valence electrons. The van der Waals surface area contributed by atoms with Gasteiger partial charge in [-0.2, -0.15) is 0 Å². The van der Waals surface area contributed by atoms with Gasteiger partial charge in [-0.1, -0.05) is 20.8 Å². The molecule has 3 aromatic rings. The van der Waals surface area contributed by atoms with Crippen molar-refractivity contribution >= 4 is 17.0 Å². The van der Waals surface area contributed by atoms with Crippen LogP contribution >= 0.6 is 0 Å². The van der Waals surface area contributed by atoms with Crippen LogP contribution in [0.3, 0.4) is 0 Å². The van der Waals surface area contributed by atoms with Crippen molar-refractivity contribution in [3.63, 3.8) is 0 Å². The van der Waals surface area contributed by atoms with E-state index in [2.05, 4.69) is 25.1 Å². The molecule has 1 fully saturated rings. The Morgan fingerprint density at radius 3 is 2.42 bits per heavy atom. The van der Waals surface area contributed by atoms with E-state index >= 15 is 0 Å². The summed E-state index contributed by atoms with van der Waals surface area (Å²) in [7, 11) is 0. The minimum atomic E-state index is -2.72. The van der Waals surface area contributed by atoms with Gasteiger partial charge in [0, 0.05) is 30.8 Å². The van der Waals surface area contributed by atoms with Crippen molar-refractivity contribution in [3.8, 4) is 5.69 Å². The molecule has 26 heavy (non-hydrogen) atoms. The number of hydrogen-bond acceptors (Lipinski definition) is 6. The second-order valence-corrected chi connectivity index (χ2v) is 7.52. The van der Waals surface area contributed by atoms with Crippen molar-refractivity contribution in [2.24, 2.45) is 0 Å². The monoisotopic (exact) mass is 359 g/mol. The Kier molecular flexibility index (Phi) is 3.64. The topological polar surface area (TPSA) is 72.6 Å². The van der Waals surface area contributed by atoms with Crippen molar-refractivity contribution in [2.45, 2.75) is 38.5 Å². The maximum atomic E-state index is 13.8. The summed E-state index contributed by atoms with van der Waals surface area (Å²) in [5.74, 6) is -1.75. The number of pyridine rings is 1. The van der Waals surface area contributed by atoms with Crippen LogP contribution in [0.15, 0.2) is 24.5 Å². The van der Waals surface area contributed by atoms with Gasteiger partial charge >= 0.3 is 0 Å². The highest BCUT2D eigenvalue weighted by Crippen LogP contribution is 2.34. The van der Waals surface area contributed by atoms with Crippen molar-refractivity contribution in [3.05, 3.63) is 30.4 Å². The highest BCUT2D eigenvalue weighted by atomic mass is 19.3. The van der Waals surface area contributed by atoms with Gasteiger partial charge in [0.05, 0.1) is 12.2 Å². The molecular weight excluding hydrogens is 340 g/mol. The summed E-state index contributed by atoms with van der Waals surface area (Å²) in [4.78, 5) is 16.1. The number of rotatable bonds is 2. The molecular formula is C17H19F2N7. The molecule has 0 unspecified atom stereocenters. The predicted octanol–water partition coefficient (Wildman–Crippen LogP) is 2.75. The average molecular weight is 359 g/mol. The molecule has 4 rings (SSSR count). The molecule has 7 nitrogen and oxygen atoms in total. The molecule has 0 aromatic carbocycles. The molecule has 1 saturated heterocycles. The van der Waals surface area contributed by atoms with Crippen LogP contribution in [0.1, 0.15) is 33.0 Å². The number of aromatic nitrogens is 6. The molecule has 0 N–H and O–H groups in total. The van der Waals surface area contributed by atoms with Gasteiger partial charge in [0.15, 0.2) is 11.3 Å². The third-order valence-electron chi connectivity index (χ3n) is 4.27. The van der Waals surface area contributed by atoms with E-state index < -0.39 is 5.92 Å². The lowest BCUT2D eigenvalue weighted by Gasteiger charge is -2.21. The average Bonchev–Trinajstić information content (AvgIpc) is 3.17. The van der Waals surface area contributed by atoms with E-state index in [4.69, 9.17) is 0 Å². The predicted molar refractivity (Wildman–Crippen MR) is 92.7 cm³/mol. The molecule has 0 bridgehead atoms. The van der Waals surface area contributed by atoms with Gasteiger partial charge < -0.3 is 4.90 Å². The second-order valence-electron chi connectivity index (χ2n) is 7.52. The normalized spacial score (nSPS) is 17.2. The smallest absolute Gasteiger partial charge is 0.266 e. The number of halogens is 2. The largest absolute Gasteiger partial charge is 0.348 e. The third kappa shape index (κ3) is 2.97. The van der Waals surface area contributed by atoms with Gasteiger partial charge in [0.1, 0.15) is 5.82 Å². The van der Waals surface area contributed by atoms with Crippen LogP contribution in [0, 0.1) is 0 Å². The Bertz CT molecular complexity index is 947. The van der Waals surface area contributed by atoms with Gasteiger partial charge in [0.25, 0.3) is 5.92 Å². The van der Waals surface area contributed by atoms with Crippen LogP contribution in [-0.2, 0) is 5.41 Å². The lowest BCUT2D eigenvalue weighted by atomic mass is 9.96. The zero-order chi connectivity index (χ0) is 18.5. The molecule has 0 amide bonds. The van der Waals surface area contributed by atoms with E-state index in [9.17, 15) is 8.78 Å². The van der Waals surface area contributed by atoms with E-state index in [1.54, 1.807) is 29.4 Å². The Morgan fingerprint density at radius 2 is 1.81 bits per heavy atom. The van der Waals surface area contributed by atoms with E-state index in [-0.39, 0.29) is 24.9 Å². The first-order valence-electron chi connectivity index (χ1n) is 8.42. The maximum Gasteiger partial charge on any atom is 0.266 e. The maximum absolute atomic E-state index is 13.8. The highest BCUT2D eigenvalue weighted by molar-refractivity contribution is 5.83. The van der Waals surface area contributed by atoms with Crippen LogP contribution < -0.4 is 4.90 Å². The fourth-order valence-electron chi connectivity index (χ4n) is 2.86. The van der Waals surface area contributed by atoms with Gasteiger partial charge in [-0.15, -0.1) is 15.0 Å². The summed E-state index contributed by atoms with van der Waals surface area (Å²) in [5.41, 5.74) is 1.19. The zero-order valence-corrected chi connectivity index (χ0v) is 14.8. The Hall–Kier alpha value is -2.71. The molecule has 0 spiro atoms. The van der Waals surface area contributed by atoms with Gasteiger partial charge in [-0.3, -0.25) is 4.98 Å². The lowest BCUT2D eigenvalue weighted by molar-refractivity contribution is 0.0257. The number of fused-ring (bicyclic) bond motifs is 1. The summed E-state index contributed by atoms with van der Waals surface area (Å²) in [6.45, 7) is 5.78. The van der Waals surface area contributed by atoms with Crippen molar-refractivity contribution in [2.75, 3.05) is 18.0 Å². The third-order valence-corrected chi connectivity index (χ3v) is 4.27. The molecule has 4 heterocycles. The second kappa shape index (κ2) is 5.65. The number of anilines is 1. The Balaban J connectivity index is 1.89. The summed E-state index contributed by atoms with van der Waals surface area (Å²) < 4.78 is 27.5. The van der Waals surface area contributed by atoms with Crippen LogP contribution in [0.25, 0.3) is 16.9 Å². The molecule has 0 saturated carbocycles. The number of hydrogen-bond donors (Lipinski definition) is 0. The molecule has 0 atom stereocenters. The van der Waals surface area contributed by atoms with E-state index in [0.29, 0.717) is 28.5 Å². The quantitative estimate of drug-likeness (QED) is 0.701. The molecule has 1 aliphatic heterocycles. The van der Waals surface area contributed by atoms with Crippen molar-refractivity contribution in [1.82, 2.24) is 29.9 Å². The van der Waals surface area contributed by atoms with Crippen LogP contribution in [0.4, 0.5) is 14.6 Å². The Labute approximate surface area is 149 Å². The number of nitrogens with zero attached hydrogens (tertiary/aromatic N) is 7. The lowest BCUT2D eigenvalue weighted by Crippen LogP contribution is -2.27. The number of alkyl halides is 2. The molecule has 3 aromatic heterocycles. The summed E-state index contributed by atoms with van der Waals surface area (Å²) in [5, 5.41) is 8.90. The molecule has 1 aliphatic rings. The van der Waals surface area contributed by atoms with Gasteiger partial charge in [-0.25, -0.2) is 18.7 Å². The Morgan fingerprint density at radius 1 is 1.08 bits per heavy atom. The summed E-state index contributed by atoms with van der Waals surface area (Å²) in [6, 6.07) is 3.53. The van der Waals surface area contributed by atoms with Crippen LogP contribution in [0.5, 0.6) is 0 Å². The zero-order valence-electron chi connectivity index (χ0n) is 14.8. The van der Waals surface area contributed by atoms with E-state index in [1.807, 2.05) is 20.8 Å². The van der Waals surface area contributed by atoms with E-state index in [1.165, 1.54) is 4.80 Å². The fraction of sp³-hybridized carbons (Fsp3) is 0.471. The van der Waals surface area contributed by atoms with Crippen LogP contribution in [-0.4, -0.2) is 49.0 Å². The molecule has 0 radical (unpaired) electrons. The standard InChI is InChI=1S/C17H19F2N7/c1-16(2,3)15-21-13-12(14(22-15)25-9-6-17(18,19)10-25)23-26(24-13)11-4-7-20-8-5-11/h4-5,7-8H,6,9-10H2,1-3H3. The SMILES string of the molecule is CC(C)(C)c1nc(N2CCC(F)(F)C2)c2nn(-c3ccncc3)nc2n1. The first-order chi connectivity index (χ1) is 12.2. The summed E-state index contributed by atoms with van der Waals surface area (Å²) >= 11 is 0. The van der Waals surface area contributed by atoms with Crippen molar-refractivity contribution in [1.29, 1.82) is 0 Å². The molecule has 9 heteroatoms. The minimum Gasteiger partial charge on any atom is -0.348 e. The van der Waals surface area contributed by atoms with Crippen molar-refractivity contribution < 1.29 is 8.78 Å². The van der Waals surface area contributed by atoms with Crippen LogP contribution in [0.2, 0.25) is 0 Å². The first kappa shape index (κ1) is 16.7.